The van der Waals surface area contributed by atoms with E-state index in [9.17, 15) is 0 Å². The highest BCUT2D eigenvalue weighted by molar-refractivity contribution is 14.1. The molecule has 3 N–H and O–H groups in total. The highest BCUT2D eigenvalue weighted by Gasteiger charge is 2.02. The average Bonchev–Trinajstić information content (AvgIpc) is 2.03. The molecule has 0 saturated carbocycles. The van der Waals surface area contributed by atoms with Gasteiger partial charge in [0, 0.05) is 3.57 Å². The highest BCUT2D eigenvalue weighted by atomic mass is 127. The van der Waals surface area contributed by atoms with Gasteiger partial charge in [-0.2, -0.15) is 0 Å². The minimum atomic E-state index is -0.246. The van der Waals surface area contributed by atoms with Crippen LogP contribution in [0.25, 0.3) is 0 Å². The van der Waals surface area contributed by atoms with E-state index in [2.05, 4.69) is 22.6 Å². The lowest BCUT2D eigenvalue weighted by atomic mass is 10.1. The van der Waals surface area contributed by atoms with Gasteiger partial charge in [0.15, 0.2) is 0 Å². The summed E-state index contributed by atoms with van der Waals surface area (Å²) in [6, 6.07) is 7.58. The monoisotopic (exact) mass is 299 g/mol. The summed E-state index contributed by atoms with van der Waals surface area (Å²) < 4.78 is 1.14. The van der Waals surface area contributed by atoms with E-state index in [1.807, 2.05) is 24.3 Å². The predicted molar refractivity (Wildman–Crippen MR) is 60.4 cm³/mol. The Balaban J connectivity index is 0.00000121. The molecule has 0 aliphatic rings. The molecule has 68 valence electrons. The first-order chi connectivity index (χ1) is 5.24. The quantitative estimate of drug-likeness (QED) is 0.817. The molecule has 0 unspecified atom stereocenters. The molecule has 2 nitrogen and oxygen atoms in total. The molecule has 0 aliphatic heterocycles. The molecule has 0 radical (unpaired) electrons. The standard InChI is InChI=1S/C8H10INO.ClH/c9-7-3-1-2-6(4-7)8(10)5-11;/h1-4,8,11H,5,10H2;1H/t8-;/m0./s1. The van der Waals surface area contributed by atoms with Crippen LogP contribution in [0.1, 0.15) is 11.6 Å². The van der Waals surface area contributed by atoms with Gasteiger partial charge in [0.1, 0.15) is 0 Å². The Bertz CT molecular complexity index is 244. The van der Waals surface area contributed by atoms with Crippen molar-refractivity contribution < 1.29 is 5.11 Å². The lowest BCUT2D eigenvalue weighted by molar-refractivity contribution is 0.268. The first-order valence-electron chi connectivity index (χ1n) is 3.36. The Hall–Kier alpha value is 0.160. The summed E-state index contributed by atoms with van der Waals surface area (Å²) in [5.74, 6) is 0. The van der Waals surface area contributed by atoms with E-state index in [1.165, 1.54) is 0 Å². The zero-order valence-corrected chi connectivity index (χ0v) is 9.38. The molecule has 1 aromatic rings. The lowest BCUT2D eigenvalue weighted by Crippen LogP contribution is -2.14. The van der Waals surface area contributed by atoms with Gasteiger partial charge in [-0.05, 0) is 40.3 Å². The zero-order chi connectivity index (χ0) is 8.27. The molecule has 0 aromatic heterocycles. The molecular weight excluding hydrogens is 288 g/mol. The highest BCUT2D eigenvalue weighted by Crippen LogP contribution is 2.12. The van der Waals surface area contributed by atoms with E-state index in [0.717, 1.165) is 9.13 Å². The summed E-state index contributed by atoms with van der Waals surface area (Å²) in [4.78, 5) is 0. The van der Waals surface area contributed by atoms with Gasteiger partial charge in [0.25, 0.3) is 0 Å². The molecule has 12 heavy (non-hydrogen) atoms. The van der Waals surface area contributed by atoms with Crippen LogP contribution in [0, 0.1) is 3.57 Å². The van der Waals surface area contributed by atoms with E-state index >= 15 is 0 Å². The van der Waals surface area contributed by atoms with Gasteiger partial charge in [0.05, 0.1) is 12.6 Å². The van der Waals surface area contributed by atoms with Gasteiger partial charge in [-0.3, -0.25) is 0 Å². The maximum atomic E-state index is 8.75. The van der Waals surface area contributed by atoms with Crippen LogP contribution in [0.4, 0.5) is 0 Å². The average molecular weight is 300 g/mol. The van der Waals surface area contributed by atoms with Crippen molar-refractivity contribution in [3.63, 3.8) is 0 Å². The molecule has 0 amide bonds. The van der Waals surface area contributed by atoms with Crippen LogP contribution < -0.4 is 5.73 Å². The van der Waals surface area contributed by atoms with Gasteiger partial charge < -0.3 is 10.8 Å². The Morgan fingerprint density at radius 2 is 2.17 bits per heavy atom. The van der Waals surface area contributed by atoms with Crippen molar-refractivity contribution in [3.8, 4) is 0 Å². The molecule has 1 rings (SSSR count). The van der Waals surface area contributed by atoms with Crippen LogP contribution in [0.5, 0.6) is 0 Å². The molecule has 0 aliphatic carbocycles. The van der Waals surface area contributed by atoms with Crippen LogP contribution in [0.3, 0.4) is 0 Å². The number of benzene rings is 1. The van der Waals surface area contributed by atoms with E-state index in [4.69, 9.17) is 10.8 Å². The molecule has 1 aromatic carbocycles. The fourth-order valence-electron chi connectivity index (χ4n) is 0.843. The van der Waals surface area contributed by atoms with Crippen molar-refractivity contribution in [2.75, 3.05) is 6.61 Å². The summed E-state index contributed by atoms with van der Waals surface area (Å²) in [5, 5.41) is 8.75. The van der Waals surface area contributed by atoms with E-state index in [-0.39, 0.29) is 25.1 Å². The Labute approximate surface area is 91.7 Å². The smallest absolute Gasteiger partial charge is 0.0624 e. The summed E-state index contributed by atoms with van der Waals surface area (Å²) in [7, 11) is 0. The molecule has 0 saturated heterocycles. The molecule has 0 fully saturated rings. The second kappa shape index (κ2) is 5.75. The predicted octanol–water partition coefficient (Wildman–Crippen LogP) is 1.71. The topological polar surface area (TPSA) is 46.2 Å². The van der Waals surface area contributed by atoms with Crippen LogP contribution >= 0.6 is 35.0 Å². The number of aliphatic hydroxyl groups is 1. The number of aliphatic hydroxyl groups excluding tert-OH is 1. The molecule has 1 atom stereocenters. The van der Waals surface area contributed by atoms with E-state index in [1.54, 1.807) is 0 Å². The minimum absolute atomic E-state index is 0. The second-order valence-electron chi connectivity index (χ2n) is 2.34. The van der Waals surface area contributed by atoms with E-state index in [0.29, 0.717) is 0 Å². The number of halogens is 2. The summed E-state index contributed by atoms with van der Waals surface area (Å²) in [5.41, 5.74) is 6.60. The maximum Gasteiger partial charge on any atom is 0.0624 e. The van der Waals surface area contributed by atoms with Crippen LogP contribution in [0.2, 0.25) is 0 Å². The van der Waals surface area contributed by atoms with Crippen molar-refractivity contribution >= 4 is 35.0 Å². The lowest BCUT2D eigenvalue weighted by Gasteiger charge is -2.07. The first-order valence-corrected chi connectivity index (χ1v) is 4.44. The Kier molecular flexibility index (Phi) is 5.82. The summed E-state index contributed by atoms with van der Waals surface area (Å²) in [6.07, 6.45) is 0. The number of hydrogen-bond donors (Lipinski definition) is 2. The number of hydrogen-bond acceptors (Lipinski definition) is 2. The normalized spacial score (nSPS) is 11.9. The third kappa shape index (κ3) is 3.26. The Morgan fingerprint density at radius 1 is 1.50 bits per heavy atom. The second-order valence-corrected chi connectivity index (χ2v) is 3.59. The van der Waals surface area contributed by atoms with Crippen LogP contribution in [0.15, 0.2) is 24.3 Å². The van der Waals surface area contributed by atoms with Gasteiger partial charge in [-0.15, -0.1) is 12.4 Å². The van der Waals surface area contributed by atoms with Crippen molar-refractivity contribution in [3.05, 3.63) is 33.4 Å². The van der Waals surface area contributed by atoms with Crippen LogP contribution in [-0.4, -0.2) is 11.7 Å². The molecule has 4 heteroatoms. The summed E-state index contributed by atoms with van der Waals surface area (Å²) in [6.45, 7) is 0.0000926. The SMILES string of the molecule is Cl.N[C@@H](CO)c1cccc(I)c1. The molecular formula is C8H11ClINO. The third-order valence-electron chi connectivity index (χ3n) is 1.47. The molecule has 0 bridgehead atoms. The van der Waals surface area contributed by atoms with Crippen molar-refractivity contribution in [2.24, 2.45) is 5.73 Å². The zero-order valence-electron chi connectivity index (χ0n) is 6.40. The minimum Gasteiger partial charge on any atom is -0.394 e. The number of rotatable bonds is 2. The van der Waals surface area contributed by atoms with Gasteiger partial charge in [-0.1, -0.05) is 12.1 Å². The van der Waals surface area contributed by atoms with Gasteiger partial charge in [-0.25, -0.2) is 0 Å². The Morgan fingerprint density at radius 3 is 2.67 bits per heavy atom. The van der Waals surface area contributed by atoms with Crippen molar-refractivity contribution in [1.29, 1.82) is 0 Å². The summed E-state index contributed by atoms with van der Waals surface area (Å²) >= 11 is 2.22. The molecule has 0 heterocycles. The molecule has 0 spiro atoms. The van der Waals surface area contributed by atoms with E-state index < -0.39 is 0 Å². The largest absolute Gasteiger partial charge is 0.394 e. The van der Waals surface area contributed by atoms with Gasteiger partial charge >= 0.3 is 0 Å². The van der Waals surface area contributed by atoms with Gasteiger partial charge in [0.2, 0.25) is 0 Å². The van der Waals surface area contributed by atoms with Crippen LogP contribution in [-0.2, 0) is 0 Å². The number of nitrogens with two attached hydrogens (primary N) is 1. The van der Waals surface area contributed by atoms with Crippen molar-refractivity contribution in [1.82, 2.24) is 0 Å². The van der Waals surface area contributed by atoms with Crippen molar-refractivity contribution in [2.45, 2.75) is 6.04 Å². The first kappa shape index (κ1) is 12.2. The maximum absolute atomic E-state index is 8.75. The fraction of sp³-hybridized carbons (Fsp3) is 0.250. The third-order valence-corrected chi connectivity index (χ3v) is 2.14. The fourth-order valence-corrected chi connectivity index (χ4v) is 1.41.